The number of benzene rings is 1. The highest BCUT2D eigenvalue weighted by molar-refractivity contribution is 5.18. The standard InChI is InChI=1S/C14H17N3O/c1-10-8-15-9-12(10)14-16-13(17-18-14)7-11-5-3-2-4-6-11/h2-6,10,12,15H,7-9H2,1H3/t10-,12-/m1/s1. The van der Waals surface area contributed by atoms with Crippen LogP contribution in [0.5, 0.6) is 0 Å². The molecular weight excluding hydrogens is 226 g/mol. The summed E-state index contributed by atoms with van der Waals surface area (Å²) in [7, 11) is 0. The Bertz CT molecular complexity index is 509. The molecule has 2 heterocycles. The van der Waals surface area contributed by atoms with Gasteiger partial charge >= 0.3 is 0 Å². The highest BCUT2D eigenvalue weighted by Crippen LogP contribution is 2.26. The van der Waals surface area contributed by atoms with Crippen LogP contribution in [0, 0.1) is 5.92 Å². The van der Waals surface area contributed by atoms with E-state index in [4.69, 9.17) is 4.52 Å². The molecule has 1 aromatic carbocycles. The molecule has 0 spiro atoms. The fourth-order valence-corrected chi connectivity index (χ4v) is 2.41. The van der Waals surface area contributed by atoms with Gasteiger partial charge in [-0.25, -0.2) is 0 Å². The van der Waals surface area contributed by atoms with E-state index in [1.165, 1.54) is 5.56 Å². The number of hydrogen-bond donors (Lipinski definition) is 1. The zero-order valence-electron chi connectivity index (χ0n) is 10.5. The fraction of sp³-hybridized carbons (Fsp3) is 0.429. The first-order valence-electron chi connectivity index (χ1n) is 6.40. The van der Waals surface area contributed by atoms with Crippen molar-refractivity contribution in [1.82, 2.24) is 15.5 Å². The second-order valence-corrected chi connectivity index (χ2v) is 4.95. The summed E-state index contributed by atoms with van der Waals surface area (Å²) in [6.07, 6.45) is 0.735. The second-order valence-electron chi connectivity index (χ2n) is 4.95. The molecular formula is C14H17N3O. The van der Waals surface area contributed by atoms with Gasteiger partial charge in [-0.3, -0.25) is 0 Å². The molecule has 1 aliphatic rings. The number of nitrogens with zero attached hydrogens (tertiary/aromatic N) is 2. The van der Waals surface area contributed by atoms with Gasteiger partial charge in [-0.05, 0) is 18.0 Å². The van der Waals surface area contributed by atoms with Gasteiger partial charge in [0.15, 0.2) is 5.82 Å². The van der Waals surface area contributed by atoms with E-state index in [-0.39, 0.29) is 0 Å². The van der Waals surface area contributed by atoms with Gasteiger partial charge in [-0.15, -0.1) is 0 Å². The Morgan fingerprint density at radius 2 is 2.11 bits per heavy atom. The van der Waals surface area contributed by atoms with Crippen molar-refractivity contribution in [3.8, 4) is 0 Å². The Morgan fingerprint density at radius 3 is 2.83 bits per heavy atom. The molecule has 0 bridgehead atoms. The largest absolute Gasteiger partial charge is 0.339 e. The maximum atomic E-state index is 5.39. The molecule has 4 heteroatoms. The fourth-order valence-electron chi connectivity index (χ4n) is 2.41. The zero-order chi connectivity index (χ0) is 12.4. The molecule has 4 nitrogen and oxygen atoms in total. The Hall–Kier alpha value is -1.68. The Morgan fingerprint density at radius 1 is 1.28 bits per heavy atom. The van der Waals surface area contributed by atoms with E-state index in [0.717, 1.165) is 31.2 Å². The van der Waals surface area contributed by atoms with Crippen LogP contribution in [0.15, 0.2) is 34.9 Å². The minimum atomic E-state index is 0.363. The normalized spacial score (nSPS) is 23.4. The van der Waals surface area contributed by atoms with E-state index < -0.39 is 0 Å². The molecule has 1 N–H and O–H groups in total. The van der Waals surface area contributed by atoms with Crippen molar-refractivity contribution < 1.29 is 4.52 Å². The number of hydrogen-bond acceptors (Lipinski definition) is 4. The van der Waals surface area contributed by atoms with Gasteiger partial charge < -0.3 is 9.84 Å². The third-order valence-electron chi connectivity index (χ3n) is 3.52. The topological polar surface area (TPSA) is 51.0 Å². The third kappa shape index (κ3) is 2.29. The molecule has 2 atom stereocenters. The summed E-state index contributed by atoms with van der Waals surface area (Å²) >= 11 is 0. The molecule has 0 amide bonds. The lowest BCUT2D eigenvalue weighted by Crippen LogP contribution is -2.08. The molecule has 2 aromatic rings. The van der Waals surface area contributed by atoms with E-state index in [0.29, 0.717) is 11.8 Å². The van der Waals surface area contributed by atoms with Gasteiger partial charge in [-0.1, -0.05) is 42.4 Å². The van der Waals surface area contributed by atoms with Crippen LogP contribution in [0.3, 0.4) is 0 Å². The molecule has 1 fully saturated rings. The second kappa shape index (κ2) is 4.90. The molecule has 3 rings (SSSR count). The van der Waals surface area contributed by atoms with E-state index >= 15 is 0 Å². The van der Waals surface area contributed by atoms with Gasteiger partial charge in [-0.2, -0.15) is 4.98 Å². The van der Waals surface area contributed by atoms with Gasteiger partial charge in [0, 0.05) is 13.0 Å². The van der Waals surface area contributed by atoms with Crippen LogP contribution in [-0.4, -0.2) is 23.2 Å². The minimum absolute atomic E-state index is 0.363. The van der Waals surface area contributed by atoms with Crippen molar-refractivity contribution in [1.29, 1.82) is 0 Å². The summed E-state index contributed by atoms with van der Waals surface area (Å²) < 4.78 is 5.39. The summed E-state index contributed by atoms with van der Waals surface area (Å²) in [5.74, 6) is 2.48. The predicted molar refractivity (Wildman–Crippen MR) is 68.3 cm³/mol. The summed E-state index contributed by atoms with van der Waals surface area (Å²) in [6, 6.07) is 10.2. The van der Waals surface area contributed by atoms with Crippen molar-refractivity contribution in [3.05, 3.63) is 47.6 Å². The molecule has 94 valence electrons. The first-order chi connectivity index (χ1) is 8.83. The molecule has 0 radical (unpaired) electrons. The van der Waals surface area contributed by atoms with E-state index in [1.54, 1.807) is 0 Å². The van der Waals surface area contributed by atoms with Crippen molar-refractivity contribution in [3.63, 3.8) is 0 Å². The average Bonchev–Trinajstić information content (AvgIpc) is 2.99. The SMILES string of the molecule is C[C@@H]1CNC[C@H]1c1nc(Cc2ccccc2)no1. The van der Waals surface area contributed by atoms with Crippen molar-refractivity contribution in [2.75, 3.05) is 13.1 Å². The molecule has 1 aliphatic heterocycles. The van der Waals surface area contributed by atoms with Crippen LogP contribution >= 0.6 is 0 Å². The summed E-state index contributed by atoms with van der Waals surface area (Å²) in [5, 5.41) is 7.43. The van der Waals surface area contributed by atoms with Crippen molar-refractivity contribution in [2.24, 2.45) is 5.92 Å². The predicted octanol–water partition coefficient (Wildman–Crippen LogP) is 1.98. The van der Waals surface area contributed by atoms with Crippen LogP contribution in [0.1, 0.15) is 30.1 Å². The molecule has 1 aromatic heterocycles. The summed E-state index contributed by atoms with van der Waals surface area (Å²) in [5.41, 5.74) is 1.21. The van der Waals surface area contributed by atoms with E-state index in [9.17, 15) is 0 Å². The molecule has 0 aliphatic carbocycles. The molecule has 1 saturated heterocycles. The Balaban J connectivity index is 1.74. The van der Waals surface area contributed by atoms with E-state index in [2.05, 4.69) is 34.5 Å². The first-order valence-corrected chi connectivity index (χ1v) is 6.40. The van der Waals surface area contributed by atoms with E-state index in [1.807, 2.05) is 18.2 Å². The number of aromatic nitrogens is 2. The highest BCUT2D eigenvalue weighted by atomic mass is 16.5. The van der Waals surface area contributed by atoms with Gasteiger partial charge in [0.25, 0.3) is 0 Å². The average molecular weight is 243 g/mol. The number of rotatable bonds is 3. The maximum absolute atomic E-state index is 5.39. The first kappa shape index (κ1) is 11.4. The minimum Gasteiger partial charge on any atom is -0.339 e. The summed E-state index contributed by atoms with van der Waals surface area (Å²) in [6.45, 7) is 4.18. The van der Waals surface area contributed by atoms with Gasteiger partial charge in [0.1, 0.15) is 0 Å². The lowest BCUT2D eigenvalue weighted by molar-refractivity contribution is 0.337. The molecule has 18 heavy (non-hydrogen) atoms. The Labute approximate surface area is 106 Å². The maximum Gasteiger partial charge on any atom is 0.231 e. The quantitative estimate of drug-likeness (QED) is 0.895. The monoisotopic (exact) mass is 243 g/mol. The van der Waals surface area contributed by atoms with Gasteiger partial charge in [0.2, 0.25) is 5.89 Å². The van der Waals surface area contributed by atoms with Crippen LogP contribution < -0.4 is 5.32 Å². The van der Waals surface area contributed by atoms with Gasteiger partial charge in [0.05, 0.1) is 5.92 Å². The molecule has 0 saturated carbocycles. The van der Waals surface area contributed by atoms with Crippen LogP contribution in [0.4, 0.5) is 0 Å². The number of nitrogens with one attached hydrogen (secondary N) is 1. The van der Waals surface area contributed by atoms with Crippen LogP contribution in [0.25, 0.3) is 0 Å². The van der Waals surface area contributed by atoms with Crippen LogP contribution in [0.2, 0.25) is 0 Å². The Kier molecular flexibility index (Phi) is 3.11. The lowest BCUT2D eigenvalue weighted by Gasteiger charge is -2.07. The smallest absolute Gasteiger partial charge is 0.231 e. The zero-order valence-corrected chi connectivity index (χ0v) is 10.5. The highest BCUT2D eigenvalue weighted by Gasteiger charge is 2.29. The van der Waals surface area contributed by atoms with Crippen LogP contribution in [-0.2, 0) is 6.42 Å². The van der Waals surface area contributed by atoms with Crippen molar-refractivity contribution in [2.45, 2.75) is 19.3 Å². The summed E-state index contributed by atoms with van der Waals surface area (Å²) in [4.78, 5) is 4.52. The lowest BCUT2D eigenvalue weighted by atomic mass is 9.98. The van der Waals surface area contributed by atoms with Crippen molar-refractivity contribution >= 4 is 0 Å². The molecule has 0 unspecified atom stereocenters. The third-order valence-corrected chi connectivity index (χ3v) is 3.52.